The van der Waals surface area contributed by atoms with Crippen LogP contribution >= 0.6 is 11.6 Å². The highest BCUT2D eigenvalue weighted by Crippen LogP contribution is 2.24. The number of ether oxygens (including phenoxy) is 1. The Hall–Kier alpha value is -2.50. The summed E-state index contributed by atoms with van der Waals surface area (Å²) < 4.78 is 5.14. The lowest BCUT2D eigenvalue weighted by Crippen LogP contribution is -2.12. The van der Waals surface area contributed by atoms with Crippen LogP contribution in [0.1, 0.15) is 16.1 Å². The van der Waals surface area contributed by atoms with E-state index in [4.69, 9.17) is 16.3 Å². The van der Waals surface area contributed by atoms with E-state index in [9.17, 15) is 9.90 Å². The molecule has 0 aliphatic rings. The number of aliphatic hydroxyl groups is 1. The lowest BCUT2D eigenvalue weighted by Gasteiger charge is -2.09. The molecule has 0 saturated heterocycles. The standard InChI is InChI=1S/C17H15ClN2O3/c1-23-16-5-4-13(6-11(16)9-21)19-17(22)15-7-10-2-3-12(18)8-14(10)20-15/h2-8,20-21H,9H2,1H3,(H,19,22). The number of H-pyrrole nitrogens is 1. The van der Waals surface area contributed by atoms with Crippen molar-refractivity contribution in [3.05, 3.63) is 58.7 Å². The zero-order chi connectivity index (χ0) is 16.4. The van der Waals surface area contributed by atoms with Gasteiger partial charge in [0.05, 0.1) is 13.7 Å². The van der Waals surface area contributed by atoms with Crippen LogP contribution in [0.15, 0.2) is 42.5 Å². The van der Waals surface area contributed by atoms with Gasteiger partial charge in [-0.05, 0) is 36.4 Å². The second-order valence-electron chi connectivity index (χ2n) is 5.05. The van der Waals surface area contributed by atoms with E-state index in [1.807, 2.05) is 6.07 Å². The number of hydrogen-bond donors (Lipinski definition) is 3. The summed E-state index contributed by atoms with van der Waals surface area (Å²) in [5.41, 5.74) is 2.42. The number of hydrogen-bond acceptors (Lipinski definition) is 3. The van der Waals surface area contributed by atoms with Crippen molar-refractivity contribution in [2.75, 3.05) is 12.4 Å². The average molecular weight is 331 g/mol. The van der Waals surface area contributed by atoms with E-state index in [-0.39, 0.29) is 12.5 Å². The molecule has 6 heteroatoms. The quantitative estimate of drug-likeness (QED) is 0.684. The summed E-state index contributed by atoms with van der Waals surface area (Å²) in [7, 11) is 1.53. The molecule has 23 heavy (non-hydrogen) atoms. The predicted molar refractivity (Wildman–Crippen MR) is 90.2 cm³/mol. The Balaban J connectivity index is 1.85. The summed E-state index contributed by atoms with van der Waals surface area (Å²) >= 11 is 5.94. The molecule has 1 amide bonds. The minimum atomic E-state index is -0.272. The topological polar surface area (TPSA) is 74.3 Å². The Morgan fingerprint density at radius 2 is 2.09 bits per heavy atom. The Kier molecular flexibility index (Phi) is 4.23. The first-order valence-corrected chi connectivity index (χ1v) is 7.36. The van der Waals surface area contributed by atoms with Gasteiger partial charge in [-0.3, -0.25) is 4.79 Å². The first kappa shape index (κ1) is 15.4. The Bertz CT molecular complexity index is 873. The molecule has 0 aliphatic heterocycles. The molecule has 0 unspecified atom stereocenters. The summed E-state index contributed by atoms with van der Waals surface area (Å²) in [4.78, 5) is 15.4. The van der Waals surface area contributed by atoms with E-state index in [0.717, 1.165) is 10.9 Å². The van der Waals surface area contributed by atoms with Crippen molar-refractivity contribution in [1.82, 2.24) is 4.98 Å². The van der Waals surface area contributed by atoms with Crippen LogP contribution in [0.25, 0.3) is 10.9 Å². The van der Waals surface area contributed by atoms with Gasteiger partial charge < -0.3 is 20.1 Å². The Labute approximate surface area is 137 Å². The van der Waals surface area contributed by atoms with Crippen molar-refractivity contribution >= 4 is 34.1 Å². The number of anilines is 1. The van der Waals surface area contributed by atoms with Crippen LogP contribution in [0.2, 0.25) is 5.02 Å². The third-order valence-electron chi connectivity index (χ3n) is 3.54. The van der Waals surface area contributed by atoms with E-state index < -0.39 is 0 Å². The molecule has 0 bridgehead atoms. The van der Waals surface area contributed by atoms with E-state index >= 15 is 0 Å². The van der Waals surface area contributed by atoms with Gasteiger partial charge in [-0.25, -0.2) is 0 Å². The average Bonchev–Trinajstić information content (AvgIpc) is 2.97. The Morgan fingerprint density at radius 3 is 2.83 bits per heavy atom. The van der Waals surface area contributed by atoms with Gasteiger partial charge in [-0.15, -0.1) is 0 Å². The highest BCUT2D eigenvalue weighted by Gasteiger charge is 2.11. The van der Waals surface area contributed by atoms with Gasteiger partial charge in [0.2, 0.25) is 0 Å². The summed E-state index contributed by atoms with van der Waals surface area (Å²) in [5.74, 6) is 0.303. The smallest absolute Gasteiger partial charge is 0.272 e. The van der Waals surface area contributed by atoms with Crippen LogP contribution in [0.5, 0.6) is 5.75 Å². The number of aromatic amines is 1. The van der Waals surface area contributed by atoms with Crippen molar-refractivity contribution in [1.29, 1.82) is 0 Å². The summed E-state index contributed by atoms with van der Waals surface area (Å²) in [6.07, 6.45) is 0. The van der Waals surface area contributed by atoms with Gasteiger partial charge >= 0.3 is 0 Å². The second-order valence-corrected chi connectivity index (χ2v) is 5.49. The number of nitrogens with one attached hydrogen (secondary N) is 2. The predicted octanol–water partition coefficient (Wildman–Crippen LogP) is 3.57. The zero-order valence-electron chi connectivity index (χ0n) is 12.4. The lowest BCUT2D eigenvalue weighted by molar-refractivity contribution is 0.102. The van der Waals surface area contributed by atoms with Crippen LogP contribution in [-0.2, 0) is 6.61 Å². The molecule has 1 heterocycles. The molecule has 0 fully saturated rings. The number of halogens is 1. The number of carbonyl (C=O) groups is 1. The third kappa shape index (κ3) is 3.16. The van der Waals surface area contributed by atoms with Crippen molar-refractivity contribution in [3.63, 3.8) is 0 Å². The molecular formula is C17H15ClN2O3. The number of carbonyl (C=O) groups excluding carboxylic acids is 1. The summed E-state index contributed by atoms with van der Waals surface area (Å²) in [6.45, 7) is -0.169. The molecular weight excluding hydrogens is 316 g/mol. The van der Waals surface area contributed by atoms with Gasteiger partial charge in [0.25, 0.3) is 5.91 Å². The van der Waals surface area contributed by atoms with Crippen molar-refractivity contribution in [2.24, 2.45) is 0 Å². The molecule has 2 aromatic carbocycles. The van der Waals surface area contributed by atoms with Crippen molar-refractivity contribution in [3.8, 4) is 5.75 Å². The molecule has 3 aromatic rings. The molecule has 1 aromatic heterocycles. The zero-order valence-corrected chi connectivity index (χ0v) is 13.1. The first-order valence-electron chi connectivity index (χ1n) is 6.98. The van der Waals surface area contributed by atoms with Crippen LogP contribution in [0, 0.1) is 0 Å². The monoisotopic (exact) mass is 330 g/mol. The normalized spacial score (nSPS) is 10.7. The first-order chi connectivity index (χ1) is 11.1. The Morgan fingerprint density at radius 1 is 1.26 bits per heavy atom. The summed E-state index contributed by atoms with van der Waals surface area (Å²) in [5, 5.41) is 13.6. The molecule has 0 saturated carbocycles. The van der Waals surface area contributed by atoms with E-state index in [2.05, 4.69) is 10.3 Å². The van der Waals surface area contributed by atoms with Gasteiger partial charge in [-0.2, -0.15) is 0 Å². The third-order valence-corrected chi connectivity index (χ3v) is 3.77. The maximum Gasteiger partial charge on any atom is 0.272 e. The van der Waals surface area contributed by atoms with Crippen molar-refractivity contribution in [2.45, 2.75) is 6.61 Å². The number of rotatable bonds is 4. The molecule has 0 aliphatic carbocycles. The molecule has 0 spiro atoms. The molecule has 0 atom stereocenters. The van der Waals surface area contributed by atoms with E-state index in [1.165, 1.54) is 7.11 Å². The maximum absolute atomic E-state index is 12.4. The number of benzene rings is 2. The number of aromatic nitrogens is 1. The fraction of sp³-hybridized carbons (Fsp3) is 0.118. The second kappa shape index (κ2) is 6.32. The van der Waals surface area contributed by atoms with Crippen LogP contribution in [0.4, 0.5) is 5.69 Å². The summed E-state index contributed by atoms with van der Waals surface area (Å²) in [6, 6.07) is 12.2. The van der Waals surface area contributed by atoms with Crippen molar-refractivity contribution < 1.29 is 14.6 Å². The lowest BCUT2D eigenvalue weighted by atomic mass is 10.2. The fourth-order valence-electron chi connectivity index (χ4n) is 2.40. The van der Waals surface area contributed by atoms with Crippen LogP contribution in [0.3, 0.4) is 0 Å². The number of fused-ring (bicyclic) bond motifs is 1. The molecule has 118 valence electrons. The largest absolute Gasteiger partial charge is 0.496 e. The molecule has 5 nitrogen and oxygen atoms in total. The highest BCUT2D eigenvalue weighted by atomic mass is 35.5. The van der Waals surface area contributed by atoms with E-state index in [1.54, 1.807) is 36.4 Å². The number of aliphatic hydroxyl groups excluding tert-OH is 1. The minimum Gasteiger partial charge on any atom is -0.496 e. The van der Waals surface area contributed by atoms with Gasteiger partial charge in [0.1, 0.15) is 11.4 Å². The highest BCUT2D eigenvalue weighted by molar-refractivity contribution is 6.31. The van der Waals surface area contributed by atoms with Crippen LogP contribution < -0.4 is 10.1 Å². The minimum absolute atomic E-state index is 0.169. The number of methoxy groups -OCH3 is 1. The SMILES string of the molecule is COc1ccc(NC(=O)c2cc3ccc(Cl)cc3[nH]2)cc1CO. The number of amides is 1. The molecule has 3 N–H and O–H groups in total. The van der Waals surface area contributed by atoms with Crippen LogP contribution in [-0.4, -0.2) is 23.1 Å². The van der Waals surface area contributed by atoms with Gasteiger partial charge in [-0.1, -0.05) is 17.7 Å². The molecule has 3 rings (SSSR count). The van der Waals surface area contributed by atoms with E-state index in [0.29, 0.717) is 27.7 Å². The van der Waals surface area contributed by atoms with Gasteiger partial charge in [0.15, 0.2) is 0 Å². The maximum atomic E-state index is 12.4. The fourth-order valence-corrected chi connectivity index (χ4v) is 2.57. The van der Waals surface area contributed by atoms with Gasteiger partial charge in [0, 0.05) is 27.2 Å². The molecule has 0 radical (unpaired) electrons.